The number of hydrogen-bond acceptors (Lipinski definition) is 5. The maximum absolute atomic E-state index is 12.2. The van der Waals surface area contributed by atoms with Gasteiger partial charge in [0.2, 0.25) is 5.91 Å². The van der Waals surface area contributed by atoms with Gasteiger partial charge in [-0.3, -0.25) is 9.59 Å². The smallest absolute Gasteiger partial charge is 0.308 e. The third-order valence-corrected chi connectivity index (χ3v) is 5.70. The number of methoxy groups -OCH3 is 1. The Morgan fingerprint density at radius 1 is 1.14 bits per heavy atom. The predicted molar refractivity (Wildman–Crippen MR) is 79.9 cm³/mol. The molecule has 0 spiro atoms. The van der Waals surface area contributed by atoms with Gasteiger partial charge in [0.1, 0.15) is 0 Å². The van der Waals surface area contributed by atoms with Gasteiger partial charge < -0.3 is 4.74 Å². The number of ether oxygens (including phenoxy) is 1. The van der Waals surface area contributed by atoms with Crippen molar-refractivity contribution in [2.45, 2.75) is 32.1 Å². The number of nitrogens with zero attached hydrogens (tertiary/aromatic N) is 1. The van der Waals surface area contributed by atoms with Crippen LogP contribution in [0.15, 0.2) is 12.2 Å². The molecule has 22 heavy (non-hydrogen) atoms. The van der Waals surface area contributed by atoms with Crippen LogP contribution in [0.2, 0.25) is 0 Å². The minimum absolute atomic E-state index is 0.215. The number of nitrogens with one attached hydrogen (secondary N) is 1. The van der Waals surface area contributed by atoms with E-state index in [4.69, 9.17) is 0 Å². The standard InChI is InChI=1S/C14H22N2O5S/c1-21-14(18)12-7-9-16(10-8-12)22(19,20)15-13(17)11-5-3-2-4-6-11/h2-3,11-12H,4-10H2,1H3,(H,15,17). The predicted octanol–water partition coefficient (Wildman–Crippen LogP) is 0.589. The molecule has 1 saturated heterocycles. The van der Waals surface area contributed by atoms with E-state index < -0.39 is 16.1 Å². The van der Waals surface area contributed by atoms with Crippen LogP contribution in [0.1, 0.15) is 32.1 Å². The van der Waals surface area contributed by atoms with E-state index in [0.29, 0.717) is 25.7 Å². The van der Waals surface area contributed by atoms with E-state index in [1.54, 1.807) is 0 Å². The first-order valence-electron chi connectivity index (χ1n) is 7.48. The molecular weight excluding hydrogens is 308 g/mol. The number of esters is 1. The summed E-state index contributed by atoms with van der Waals surface area (Å²) in [4.78, 5) is 23.5. The fourth-order valence-electron chi connectivity index (χ4n) is 2.81. The maximum atomic E-state index is 12.2. The quantitative estimate of drug-likeness (QED) is 0.601. The average molecular weight is 330 g/mol. The van der Waals surface area contributed by atoms with Crippen LogP contribution in [0.5, 0.6) is 0 Å². The Balaban J connectivity index is 1.90. The van der Waals surface area contributed by atoms with Crippen molar-refractivity contribution in [2.24, 2.45) is 11.8 Å². The lowest BCUT2D eigenvalue weighted by Gasteiger charge is -2.30. The molecule has 1 aliphatic heterocycles. The number of amides is 1. The Bertz CT molecular complexity index is 550. The number of allylic oxidation sites excluding steroid dienone is 2. The summed E-state index contributed by atoms with van der Waals surface area (Å²) in [5.41, 5.74) is 0. The van der Waals surface area contributed by atoms with E-state index in [9.17, 15) is 18.0 Å². The van der Waals surface area contributed by atoms with Gasteiger partial charge in [-0.2, -0.15) is 12.7 Å². The van der Waals surface area contributed by atoms with E-state index in [0.717, 1.165) is 6.42 Å². The van der Waals surface area contributed by atoms with Crippen LogP contribution in [-0.2, 0) is 24.5 Å². The second-order valence-corrected chi connectivity index (χ2v) is 7.32. The highest BCUT2D eigenvalue weighted by atomic mass is 32.2. The van der Waals surface area contributed by atoms with Crippen LogP contribution in [0, 0.1) is 11.8 Å². The molecule has 1 heterocycles. The van der Waals surface area contributed by atoms with Gasteiger partial charge in [-0.15, -0.1) is 0 Å². The Labute approximate surface area is 130 Å². The van der Waals surface area contributed by atoms with Crippen LogP contribution < -0.4 is 4.72 Å². The van der Waals surface area contributed by atoms with Gasteiger partial charge in [0.05, 0.1) is 13.0 Å². The average Bonchev–Trinajstić information content (AvgIpc) is 2.54. The molecule has 1 N–H and O–H groups in total. The second kappa shape index (κ2) is 7.23. The number of hydrogen-bond donors (Lipinski definition) is 1. The van der Waals surface area contributed by atoms with Crippen molar-refractivity contribution < 1.29 is 22.7 Å². The van der Waals surface area contributed by atoms with Gasteiger partial charge in [0.15, 0.2) is 0 Å². The fourth-order valence-corrected chi connectivity index (χ4v) is 4.05. The summed E-state index contributed by atoms with van der Waals surface area (Å²) >= 11 is 0. The number of carbonyl (C=O) groups excluding carboxylic acids is 2. The summed E-state index contributed by atoms with van der Waals surface area (Å²) in [7, 11) is -2.51. The molecule has 0 saturated carbocycles. The first kappa shape index (κ1) is 17.0. The van der Waals surface area contributed by atoms with Crippen LogP contribution >= 0.6 is 0 Å². The second-order valence-electron chi connectivity index (χ2n) is 5.65. The lowest BCUT2D eigenvalue weighted by molar-refractivity contribution is -0.146. The summed E-state index contributed by atoms with van der Waals surface area (Å²) in [6, 6.07) is 0. The monoisotopic (exact) mass is 330 g/mol. The molecule has 0 radical (unpaired) electrons. The summed E-state index contributed by atoms with van der Waals surface area (Å²) in [6.07, 6.45) is 6.76. The Morgan fingerprint density at radius 3 is 2.36 bits per heavy atom. The third kappa shape index (κ3) is 4.07. The summed E-state index contributed by atoms with van der Waals surface area (Å²) in [5, 5.41) is 0. The highest BCUT2D eigenvalue weighted by Gasteiger charge is 2.33. The minimum Gasteiger partial charge on any atom is -0.469 e. The van der Waals surface area contributed by atoms with E-state index >= 15 is 0 Å². The van der Waals surface area contributed by atoms with Crippen LogP contribution in [0.4, 0.5) is 0 Å². The van der Waals surface area contributed by atoms with E-state index in [-0.39, 0.29) is 30.9 Å². The highest BCUT2D eigenvalue weighted by molar-refractivity contribution is 7.87. The summed E-state index contributed by atoms with van der Waals surface area (Å²) in [6.45, 7) is 0.430. The van der Waals surface area contributed by atoms with Crippen molar-refractivity contribution in [3.8, 4) is 0 Å². The van der Waals surface area contributed by atoms with Crippen LogP contribution in [0.25, 0.3) is 0 Å². The highest BCUT2D eigenvalue weighted by Crippen LogP contribution is 2.22. The molecule has 2 rings (SSSR count). The number of piperidine rings is 1. The molecule has 8 heteroatoms. The fraction of sp³-hybridized carbons (Fsp3) is 0.714. The largest absolute Gasteiger partial charge is 0.469 e. The topological polar surface area (TPSA) is 92.8 Å². The molecule has 0 aromatic carbocycles. The van der Waals surface area contributed by atoms with Gasteiger partial charge in [0, 0.05) is 19.0 Å². The molecule has 0 aromatic rings. The molecule has 1 unspecified atom stereocenters. The van der Waals surface area contributed by atoms with Gasteiger partial charge in [0.25, 0.3) is 0 Å². The van der Waals surface area contributed by atoms with Gasteiger partial charge in [-0.1, -0.05) is 12.2 Å². The molecule has 1 amide bonds. The Morgan fingerprint density at radius 2 is 1.82 bits per heavy atom. The number of rotatable bonds is 4. The van der Waals surface area contributed by atoms with E-state index in [1.807, 2.05) is 12.2 Å². The first-order chi connectivity index (χ1) is 10.4. The van der Waals surface area contributed by atoms with Crippen LogP contribution in [-0.4, -0.2) is 44.8 Å². The first-order valence-corrected chi connectivity index (χ1v) is 8.92. The maximum Gasteiger partial charge on any atom is 0.308 e. The SMILES string of the molecule is COC(=O)C1CCN(S(=O)(=O)NC(=O)C2CC=CCC2)CC1. The molecule has 1 fully saturated rings. The Kier molecular flexibility index (Phi) is 5.57. The molecule has 0 aromatic heterocycles. The van der Waals surface area contributed by atoms with Gasteiger partial charge >= 0.3 is 16.2 Å². The van der Waals surface area contributed by atoms with Crippen molar-refractivity contribution in [3.05, 3.63) is 12.2 Å². The lowest BCUT2D eigenvalue weighted by Crippen LogP contribution is -2.49. The normalized spacial score (nSPS) is 24.0. The lowest BCUT2D eigenvalue weighted by atomic mass is 9.94. The van der Waals surface area contributed by atoms with Crippen molar-refractivity contribution in [1.82, 2.24) is 9.03 Å². The van der Waals surface area contributed by atoms with Crippen molar-refractivity contribution >= 4 is 22.1 Å². The Hall–Kier alpha value is -1.41. The zero-order valence-electron chi connectivity index (χ0n) is 12.7. The molecule has 7 nitrogen and oxygen atoms in total. The third-order valence-electron chi connectivity index (χ3n) is 4.20. The van der Waals surface area contributed by atoms with E-state index in [2.05, 4.69) is 9.46 Å². The molecule has 124 valence electrons. The van der Waals surface area contributed by atoms with Gasteiger partial charge in [-0.05, 0) is 32.1 Å². The molecule has 2 aliphatic rings. The van der Waals surface area contributed by atoms with Crippen LogP contribution in [0.3, 0.4) is 0 Å². The molecular formula is C14H22N2O5S. The molecule has 0 bridgehead atoms. The van der Waals surface area contributed by atoms with Gasteiger partial charge in [-0.25, -0.2) is 4.72 Å². The summed E-state index contributed by atoms with van der Waals surface area (Å²) in [5.74, 6) is -1.31. The van der Waals surface area contributed by atoms with E-state index in [1.165, 1.54) is 11.4 Å². The minimum atomic E-state index is -3.83. The van der Waals surface area contributed by atoms with Crippen molar-refractivity contribution in [1.29, 1.82) is 0 Å². The zero-order valence-corrected chi connectivity index (χ0v) is 13.5. The number of carbonyl (C=O) groups is 2. The van der Waals surface area contributed by atoms with Crippen molar-refractivity contribution in [3.63, 3.8) is 0 Å². The van der Waals surface area contributed by atoms with Crippen molar-refractivity contribution in [2.75, 3.05) is 20.2 Å². The molecule has 1 aliphatic carbocycles. The zero-order chi connectivity index (χ0) is 16.2. The molecule has 1 atom stereocenters. The summed E-state index contributed by atoms with van der Waals surface area (Å²) < 4.78 is 32.5.